The van der Waals surface area contributed by atoms with Gasteiger partial charge in [-0.25, -0.2) is 9.48 Å². The molecule has 9 heteroatoms. The van der Waals surface area contributed by atoms with Gasteiger partial charge in [-0.15, -0.1) is 5.10 Å². The molecule has 0 unspecified atom stereocenters. The normalized spacial score (nSPS) is 11.6. The zero-order chi connectivity index (χ0) is 16.6. The number of benzene rings is 1. The van der Waals surface area contributed by atoms with Gasteiger partial charge in [-0.1, -0.05) is 11.3 Å². The van der Waals surface area contributed by atoms with E-state index in [4.69, 9.17) is 4.42 Å². The molecule has 3 rings (SSSR count). The van der Waals surface area contributed by atoms with Gasteiger partial charge in [-0.3, -0.25) is 0 Å². The number of aromatic nitrogens is 3. The van der Waals surface area contributed by atoms with Gasteiger partial charge in [0.25, 0.3) is 0 Å². The summed E-state index contributed by atoms with van der Waals surface area (Å²) in [6.07, 6.45) is -3.22. The van der Waals surface area contributed by atoms with Crippen LogP contribution in [-0.2, 0) is 6.18 Å². The van der Waals surface area contributed by atoms with Crippen LogP contribution in [0.15, 0.2) is 47.1 Å². The van der Waals surface area contributed by atoms with Gasteiger partial charge in [0.15, 0.2) is 5.76 Å². The number of hydrogen-bond acceptors (Lipinski definition) is 4. The van der Waals surface area contributed by atoms with Gasteiger partial charge in [0.05, 0.1) is 17.5 Å². The summed E-state index contributed by atoms with van der Waals surface area (Å²) in [5.74, 6) is -1.24. The number of halogens is 3. The van der Waals surface area contributed by atoms with E-state index < -0.39 is 23.4 Å². The largest absolute Gasteiger partial charge is 0.476 e. The zero-order valence-electron chi connectivity index (χ0n) is 11.3. The van der Waals surface area contributed by atoms with Crippen LogP contribution in [0.25, 0.3) is 17.1 Å². The second-order valence-corrected chi connectivity index (χ2v) is 4.53. The van der Waals surface area contributed by atoms with Crippen LogP contribution in [0.5, 0.6) is 0 Å². The third-order valence-electron chi connectivity index (χ3n) is 3.05. The summed E-state index contributed by atoms with van der Waals surface area (Å²) in [5, 5.41) is 16.3. The highest BCUT2D eigenvalue weighted by atomic mass is 19.4. The molecule has 0 atom stereocenters. The van der Waals surface area contributed by atoms with E-state index in [0.29, 0.717) is 0 Å². The summed E-state index contributed by atoms with van der Waals surface area (Å²) in [7, 11) is 0. The number of alkyl halides is 3. The van der Waals surface area contributed by atoms with E-state index in [0.717, 1.165) is 16.8 Å². The summed E-state index contributed by atoms with van der Waals surface area (Å²) in [6.45, 7) is 0. The Bertz CT molecular complexity index is 854. The first-order chi connectivity index (χ1) is 10.9. The SMILES string of the molecule is O=C(O)c1nnn(-c2cccc(C(F)(F)F)c2)c1-c1ccco1. The van der Waals surface area contributed by atoms with Crippen LogP contribution in [0.1, 0.15) is 16.1 Å². The lowest BCUT2D eigenvalue weighted by molar-refractivity contribution is -0.137. The van der Waals surface area contributed by atoms with Crippen LogP contribution < -0.4 is 0 Å². The van der Waals surface area contributed by atoms with Crippen LogP contribution >= 0.6 is 0 Å². The Hall–Kier alpha value is -3.10. The number of hydrogen-bond donors (Lipinski definition) is 1. The van der Waals surface area contributed by atoms with Crippen molar-refractivity contribution >= 4 is 5.97 Å². The number of carboxylic acids is 1. The van der Waals surface area contributed by atoms with Gasteiger partial charge in [0, 0.05) is 0 Å². The number of nitrogens with zero attached hydrogens (tertiary/aromatic N) is 3. The summed E-state index contributed by atoms with van der Waals surface area (Å²) >= 11 is 0. The van der Waals surface area contributed by atoms with E-state index in [1.54, 1.807) is 0 Å². The first kappa shape index (κ1) is 14.8. The van der Waals surface area contributed by atoms with Crippen molar-refractivity contribution in [3.05, 3.63) is 53.9 Å². The molecule has 0 aliphatic rings. The van der Waals surface area contributed by atoms with E-state index in [2.05, 4.69) is 10.3 Å². The maximum absolute atomic E-state index is 12.8. The molecule has 0 saturated carbocycles. The van der Waals surface area contributed by atoms with E-state index in [1.807, 2.05) is 0 Å². The lowest BCUT2D eigenvalue weighted by Gasteiger charge is -2.09. The van der Waals surface area contributed by atoms with Gasteiger partial charge in [-0.2, -0.15) is 13.2 Å². The Balaban J connectivity index is 2.20. The first-order valence-corrected chi connectivity index (χ1v) is 6.28. The highest BCUT2D eigenvalue weighted by Gasteiger charge is 2.31. The third-order valence-corrected chi connectivity index (χ3v) is 3.05. The molecule has 3 aromatic rings. The van der Waals surface area contributed by atoms with Crippen LogP contribution in [-0.4, -0.2) is 26.1 Å². The molecular formula is C14H8F3N3O3. The minimum absolute atomic E-state index is 0.0197. The van der Waals surface area contributed by atoms with Gasteiger partial charge in [0.2, 0.25) is 5.69 Å². The molecule has 0 saturated heterocycles. The lowest BCUT2D eigenvalue weighted by atomic mass is 10.2. The molecule has 2 aromatic heterocycles. The van der Waals surface area contributed by atoms with Crippen molar-refractivity contribution < 1.29 is 27.5 Å². The number of furan rings is 1. The standard InChI is InChI=1S/C14H8F3N3O3/c15-14(16,17)8-3-1-4-9(7-8)20-12(10-5-2-6-23-10)11(13(21)22)18-19-20/h1-7H,(H,21,22). The van der Waals surface area contributed by atoms with Crippen molar-refractivity contribution in [3.8, 4) is 17.1 Å². The Morgan fingerprint density at radius 2 is 2.00 bits per heavy atom. The molecule has 0 bridgehead atoms. The third kappa shape index (κ3) is 2.68. The van der Waals surface area contributed by atoms with E-state index in [-0.39, 0.29) is 17.1 Å². The van der Waals surface area contributed by atoms with Crippen LogP contribution in [0.4, 0.5) is 13.2 Å². The topological polar surface area (TPSA) is 81.1 Å². The smallest absolute Gasteiger partial charge is 0.416 e. The summed E-state index contributed by atoms with van der Waals surface area (Å²) in [6, 6.07) is 7.31. The van der Waals surface area contributed by atoms with Gasteiger partial charge >= 0.3 is 12.1 Å². The van der Waals surface area contributed by atoms with Crippen molar-refractivity contribution in [1.82, 2.24) is 15.0 Å². The predicted octanol–water partition coefficient (Wildman–Crippen LogP) is 3.24. The maximum Gasteiger partial charge on any atom is 0.416 e. The molecule has 1 aromatic carbocycles. The minimum atomic E-state index is -4.53. The Labute approximate surface area is 126 Å². The van der Waals surface area contributed by atoms with Crippen LogP contribution in [0, 0.1) is 0 Å². The molecule has 23 heavy (non-hydrogen) atoms. The van der Waals surface area contributed by atoms with Crippen molar-refractivity contribution in [1.29, 1.82) is 0 Å². The molecule has 118 valence electrons. The predicted molar refractivity (Wildman–Crippen MR) is 71.0 cm³/mol. The molecule has 6 nitrogen and oxygen atoms in total. The van der Waals surface area contributed by atoms with Gasteiger partial charge in [0.1, 0.15) is 5.69 Å². The van der Waals surface area contributed by atoms with E-state index in [9.17, 15) is 23.1 Å². The average molecular weight is 323 g/mol. The number of aromatic carboxylic acids is 1. The molecule has 0 fully saturated rings. The Kier molecular flexibility index (Phi) is 3.40. The fraction of sp³-hybridized carbons (Fsp3) is 0.0714. The molecule has 0 radical (unpaired) electrons. The van der Waals surface area contributed by atoms with Crippen LogP contribution in [0.2, 0.25) is 0 Å². The van der Waals surface area contributed by atoms with Crippen molar-refractivity contribution in [2.75, 3.05) is 0 Å². The monoisotopic (exact) mass is 323 g/mol. The van der Waals surface area contributed by atoms with E-state index in [1.165, 1.54) is 30.5 Å². The molecule has 0 amide bonds. The second-order valence-electron chi connectivity index (χ2n) is 4.53. The fourth-order valence-electron chi connectivity index (χ4n) is 2.05. The number of rotatable bonds is 3. The van der Waals surface area contributed by atoms with Crippen molar-refractivity contribution in [3.63, 3.8) is 0 Å². The second kappa shape index (κ2) is 5.27. The number of carbonyl (C=O) groups is 1. The van der Waals surface area contributed by atoms with Gasteiger partial charge < -0.3 is 9.52 Å². The molecule has 1 N–H and O–H groups in total. The lowest BCUT2D eigenvalue weighted by Crippen LogP contribution is -2.07. The van der Waals surface area contributed by atoms with Gasteiger partial charge in [-0.05, 0) is 30.3 Å². The van der Waals surface area contributed by atoms with Crippen molar-refractivity contribution in [2.24, 2.45) is 0 Å². The molecule has 0 aliphatic heterocycles. The average Bonchev–Trinajstić information content (AvgIpc) is 3.15. The first-order valence-electron chi connectivity index (χ1n) is 6.28. The van der Waals surface area contributed by atoms with E-state index >= 15 is 0 Å². The Morgan fingerprint density at radius 3 is 2.61 bits per heavy atom. The maximum atomic E-state index is 12.8. The highest BCUT2D eigenvalue weighted by Crippen LogP contribution is 2.32. The molecular weight excluding hydrogens is 315 g/mol. The number of carboxylic acid groups (broad SMARTS) is 1. The summed E-state index contributed by atoms with van der Waals surface area (Å²) < 4.78 is 44.6. The van der Waals surface area contributed by atoms with Crippen molar-refractivity contribution in [2.45, 2.75) is 6.18 Å². The molecule has 0 spiro atoms. The van der Waals surface area contributed by atoms with Crippen LogP contribution in [0.3, 0.4) is 0 Å². The zero-order valence-corrected chi connectivity index (χ0v) is 11.3. The minimum Gasteiger partial charge on any atom is -0.476 e. The molecule has 2 heterocycles. The Morgan fingerprint density at radius 1 is 1.22 bits per heavy atom. The summed E-state index contributed by atoms with van der Waals surface area (Å²) in [5.41, 5.74) is -1.32. The molecule has 0 aliphatic carbocycles. The fourth-order valence-corrected chi connectivity index (χ4v) is 2.05. The summed E-state index contributed by atoms with van der Waals surface area (Å²) in [4.78, 5) is 11.3. The quantitative estimate of drug-likeness (QED) is 0.800. The highest BCUT2D eigenvalue weighted by molar-refractivity contribution is 5.92.